The minimum atomic E-state index is -0.833. The molecule has 0 aromatic heterocycles. The Hall–Kier alpha value is -3.55. The maximum atomic E-state index is 13.3. The molecule has 0 spiro atoms. The van der Waals surface area contributed by atoms with Crippen LogP contribution in [0.2, 0.25) is 0 Å². The quantitative estimate of drug-likeness (QED) is 0.513. The van der Waals surface area contributed by atoms with Gasteiger partial charge in [-0.1, -0.05) is 19.1 Å². The van der Waals surface area contributed by atoms with Crippen LogP contribution in [0.3, 0.4) is 0 Å². The molecule has 0 radical (unpaired) electrons. The van der Waals surface area contributed by atoms with Crippen LogP contribution in [0.15, 0.2) is 42.5 Å². The zero-order valence-electron chi connectivity index (χ0n) is 19.5. The summed E-state index contributed by atoms with van der Waals surface area (Å²) in [6, 6.07) is 11.6. The molecule has 1 fully saturated rings. The van der Waals surface area contributed by atoms with Crippen molar-refractivity contribution in [1.29, 1.82) is 0 Å². The Kier molecular flexibility index (Phi) is 7.92. The van der Waals surface area contributed by atoms with Crippen molar-refractivity contribution < 1.29 is 28.6 Å². The molecule has 1 atom stereocenters. The van der Waals surface area contributed by atoms with Crippen molar-refractivity contribution in [1.82, 2.24) is 4.90 Å². The fraction of sp³-hybridized carbons (Fsp3) is 0.400. The number of imide groups is 1. The van der Waals surface area contributed by atoms with E-state index >= 15 is 0 Å². The van der Waals surface area contributed by atoms with Crippen LogP contribution < -0.4 is 19.1 Å². The van der Waals surface area contributed by atoms with Crippen LogP contribution in [0.5, 0.6) is 17.2 Å². The average Bonchev–Trinajstić information content (AvgIpc) is 3.12. The molecule has 3 amide bonds. The second kappa shape index (κ2) is 10.8. The summed E-state index contributed by atoms with van der Waals surface area (Å²) in [6.45, 7) is 4.39. The summed E-state index contributed by atoms with van der Waals surface area (Å²) < 4.78 is 16.1. The van der Waals surface area contributed by atoms with Crippen LogP contribution in [0.1, 0.15) is 32.3 Å². The number of rotatable bonds is 10. The molecule has 0 bridgehead atoms. The number of carbonyl (C=O) groups excluding carboxylic acids is 3. The molecule has 3 rings (SSSR count). The Morgan fingerprint density at radius 1 is 1.06 bits per heavy atom. The van der Waals surface area contributed by atoms with E-state index in [4.69, 9.17) is 14.2 Å². The smallest absolute Gasteiger partial charge is 0.257 e. The van der Waals surface area contributed by atoms with Crippen LogP contribution >= 0.6 is 0 Å². The molecule has 2 aromatic rings. The van der Waals surface area contributed by atoms with Crippen LogP contribution in [0.4, 0.5) is 5.69 Å². The average molecular weight is 455 g/mol. The van der Waals surface area contributed by atoms with Crippen molar-refractivity contribution in [2.45, 2.75) is 39.2 Å². The summed E-state index contributed by atoms with van der Waals surface area (Å²) in [5.41, 5.74) is 1.38. The van der Waals surface area contributed by atoms with E-state index in [0.29, 0.717) is 42.5 Å². The first-order valence-corrected chi connectivity index (χ1v) is 11.0. The van der Waals surface area contributed by atoms with Gasteiger partial charge in [0, 0.05) is 19.0 Å². The normalized spacial score (nSPS) is 15.5. The van der Waals surface area contributed by atoms with Gasteiger partial charge < -0.3 is 19.1 Å². The third-order valence-corrected chi connectivity index (χ3v) is 5.60. The molecule has 0 unspecified atom stereocenters. The van der Waals surface area contributed by atoms with E-state index in [1.54, 1.807) is 51.5 Å². The topological polar surface area (TPSA) is 85.4 Å². The molecular weight excluding hydrogens is 424 g/mol. The van der Waals surface area contributed by atoms with E-state index in [9.17, 15) is 14.4 Å². The zero-order chi connectivity index (χ0) is 24.0. The largest absolute Gasteiger partial charge is 0.494 e. The molecule has 33 heavy (non-hydrogen) atoms. The number of amides is 3. The van der Waals surface area contributed by atoms with E-state index in [1.807, 2.05) is 19.1 Å². The Balaban J connectivity index is 1.80. The predicted molar refractivity (Wildman–Crippen MR) is 124 cm³/mol. The Morgan fingerprint density at radius 3 is 2.48 bits per heavy atom. The van der Waals surface area contributed by atoms with E-state index in [1.165, 1.54) is 4.90 Å². The number of ether oxygens (including phenoxy) is 3. The number of benzene rings is 2. The number of methoxy groups -OCH3 is 2. The second-order valence-electron chi connectivity index (χ2n) is 7.60. The van der Waals surface area contributed by atoms with Crippen LogP contribution in [0, 0.1) is 0 Å². The van der Waals surface area contributed by atoms with Crippen LogP contribution in [0.25, 0.3) is 0 Å². The van der Waals surface area contributed by atoms with Gasteiger partial charge in [0.15, 0.2) is 11.5 Å². The number of hydrogen-bond acceptors (Lipinski definition) is 6. The van der Waals surface area contributed by atoms with E-state index in [2.05, 4.69) is 0 Å². The Bertz CT molecular complexity index is 1020. The zero-order valence-corrected chi connectivity index (χ0v) is 19.5. The van der Waals surface area contributed by atoms with Crippen molar-refractivity contribution in [3.63, 3.8) is 0 Å². The predicted octanol–water partition coefficient (Wildman–Crippen LogP) is 3.22. The molecule has 1 heterocycles. The minimum Gasteiger partial charge on any atom is -0.494 e. The lowest BCUT2D eigenvalue weighted by Gasteiger charge is -2.27. The molecule has 1 aliphatic heterocycles. The van der Waals surface area contributed by atoms with Crippen molar-refractivity contribution >= 4 is 23.4 Å². The number of nitrogens with zero attached hydrogens (tertiary/aromatic N) is 2. The molecule has 8 nitrogen and oxygen atoms in total. The van der Waals surface area contributed by atoms with Crippen molar-refractivity contribution in [3.05, 3.63) is 48.0 Å². The van der Waals surface area contributed by atoms with Crippen molar-refractivity contribution in [2.75, 3.05) is 32.3 Å². The summed E-state index contributed by atoms with van der Waals surface area (Å²) in [6.07, 6.45) is 0.697. The fourth-order valence-electron chi connectivity index (χ4n) is 3.95. The second-order valence-corrected chi connectivity index (χ2v) is 7.60. The highest BCUT2D eigenvalue weighted by Crippen LogP contribution is 2.30. The number of hydrogen-bond donors (Lipinski definition) is 0. The summed E-state index contributed by atoms with van der Waals surface area (Å²) in [7, 11) is 3.13. The molecule has 0 N–H and O–H groups in total. The summed E-state index contributed by atoms with van der Waals surface area (Å²) in [4.78, 5) is 41.5. The molecule has 176 valence electrons. The van der Waals surface area contributed by atoms with Gasteiger partial charge in [-0.05, 0) is 43.2 Å². The van der Waals surface area contributed by atoms with Gasteiger partial charge in [0.1, 0.15) is 11.8 Å². The molecule has 1 saturated heterocycles. The molecule has 8 heteroatoms. The fourth-order valence-corrected chi connectivity index (χ4v) is 3.95. The van der Waals surface area contributed by atoms with Gasteiger partial charge in [0.25, 0.3) is 5.91 Å². The van der Waals surface area contributed by atoms with Crippen molar-refractivity contribution in [3.8, 4) is 17.2 Å². The number of carbonyl (C=O) groups is 3. The maximum Gasteiger partial charge on any atom is 0.257 e. The van der Waals surface area contributed by atoms with Gasteiger partial charge in [-0.2, -0.15) is 0 Å². The highest BCUT2D eigenvalue weighted by atomic mass is 16.5. The molecular formula is C25H30N2O6. The summed E-state index contributed by atoms with van der Waals surface area (Å²) in [5, 5.41) is 0. The van der Waals surface area contributed by atoms with Crippen LogP contribution in [-0.2, 0) is 20.8 Å². The van der Waals surface area contributed by atoms with E-state index in [0.717, 1.165) is 10.5 Å². The summed E-state index contributed by atoms with van der Waals surface area (Å²) in [5.74, 6) is 0.877. The molecule has 0 saturated carbocycles. The summed E-state index contributed by atoms with van der Waals surface area (Å²) >= 11 is 0. The van der Waals surface area contributed by atoms with E-state index in [-0.39, 0.29) is 24.7 Å². The van der Waals surface area contributed by atoms with Gasteiger partial charge in [-0.15, -0.1) is 0 Å². The molecule has 0 aliphatic carbocycles. The standard InChI is InChI=1S/C25H30N2O6/c1-5-23(28)26(13-12-17-10-11-21(31-3)22(14-17)32-4)20-16-24(29)27(25(20)30)18-8-7-9-19(15-18)33-6-2/h7-11,14-15,20H,5-6,12-13,16H2,1-4H3/t20-/m1/s1. The molecule has 2 aromatic carbocycles. The number of anilines is 1. The maximum absolute atomic E-state index is 13.3. The third kappa shape index (κ3) is 5.27. The van der Waals surface area contributed by atoms with Gasteiger partial charge in [0.2, 0.25) is 11.8 Å². The van der Waals surface area contributed by atoms with Crippen molar-refractivity contribution in [2.24, 2.45) is 0 Å². The lowest BCUT2D eigenvalue weighted by atomic mass is 10.1. The third-order valence-electron chi connectivity index (χ3n) is 5.60. The minimum absolute atomic E-state index is 0.0463. The first kappa shape index (κ1) is 24.1. The Labute approximate surface area is 194 Å². The first-order valence-electron chi connectivity index (χ1n) is 11.0. The van der Waals surface area contributed by atoms with Gasteiger partial charge in [0.05, 0.1) is 32.9 Å². The van der Waals surface area contributed by atoms with Crippen LogP contribution in [-0.4, -0.2) is 56.0 Å². The SMILES string of the molecule is CCOc1cccc(N2C(=O)C[C@@H](N(CCc3ccc(OC)c(OC)c3)C(=O)CC)C2=O)c1. The van der Waals surface area contributed by atoms with E-state index < -0.39 is 11.9 Å². The van der Waals surface area contributed by atoms with Gasteiger partial charge >= 0.3 is 0 Å². The van der Waals surface area contributed by atoms with Gasteiger partial charge in [-0.3, -0.25) is 14.4 Å². The monoisotopic (exact) mass is 454 g/mol. The Morgan fingerprint density at radius 2 is 1.82 bits per heavy atom. The lowest BCUT2D eigenvalue weighted by Crippen LogP contribution is -2.46. The highest BCUT2D eigenvalue weighted by Gasteiger charge is 2.44. The lowest BCUT2D eigenvalue weighted by molar-refractivity contribution is -0.138. The first-order chi connectivity index (χ1) is 15.9. The van der Waals surface area contributed by atoms with Gasteiger partial charge in [-0.25, -0.2) is 4.90 Å². The molecule has 1 aliphatic rings. The highest BCUT2D eigenvalue weighted by molar-refractivity contribution is 6.23.